The van der Waals surface area contributed by atoms with E-state index in [0.717, 1.165) is 31.0 Å². The first kappa shape index (κ1) is 14.7. The van der Waals surface area contributed by atoms with Crippen LogP contribution in [0.5, 0.6) is 0 Å². The highest BCUT2D eigenvalue weighted by Crippen LogP contribution is 2.21. The summed E-state index contributed by atoms with van der Waals surface area (Å²) in [4.78, 5) is 22.5. The van der Waals surface area contributed by atoms with Gasteiger partial charge in [0.25, 0.3) is 0 Å². The van der Waals surface area contributed by atoms with Crippen molar-refractivity contribution in [2.75, 3.05) is 25.1 Å². The molecule has 6 heteroatoms. The van der Waals surface area contributed by atoms with Crippen LogP contribution in [0.2, 0.25) is 0 Å². The fourth-order valence-electron chi connectivity index (χ4n) is 2.46. The summed E-state index contributed by atoms with van der Waals surface area (Å²) < 4.78 is 4.67. The molecule has 0 radical (unpaired) electrons. The van der Waals surface area contributed by atoms with Crippen molar-refractivity contribution in [3.8, 4) is 0 Å². The van der Waals surface area contributed by atoms with E-state index in [9.17, 15) is 4.79 Å². The highest BCUT2D eigenvalue weighted by Gasteiger charge is 2.26. The molecule has 1 fully saturated rings. The number of ether oxygens (including phenoxy) is 1. The first-order valence-corrected chi connectivity index (χ1v) is 6.98. The summed E-state index contributed by atoms with van der Waals surface area (Å²) in [6.07, 6.45) is 2.57. The van der Waals surface area contributed by atoms with Crippen LogP contribution in [0.4, 0.5) is 5.82 Å². The predicted molar refractivity (Wildman–Crippen MR) is 77.0 cm³/mol. The highest BCUT2D eigenvalue weighted by molar-refractivity contribution is 5.87. The number of esters is 1. The summed E-state index contributed by atoms with van der Waals surface area (Å²) in [5.41, 5.74) is 1.01. The SMILES string of the molecule is CC[C@H]1CN(c2ncc(C(=O)OC)nc2C)[C@H](C)CN1. The Labute approximate surface area is 119 Å². The fourth-order valence-corrected chi connectivity index (χ4v) is 2.46. The average Bonchev–Trinajstić information content (AvgIpc) is 2.47. The molecule has 0 spiro atoms. The van der Waals surface area contributed by atoms with Crippen LogP contribution >= 0.6 is 0 Å². The Balaban J connectivity index is 2.25. The summed E-state index contributed by atoms with van der Waals surface area (Å²) in [6, 6.07) is 0.822. The highest BCUT2D eigenvalue weighted by atomic mass is 16.5. The third kappa shape index (κ3) is 2.90. The number of carbonyl (C=O) groups excluding carboxylic acids is 1. The largest absolute Gasteiger partial charge is 0.464 e. The Bertz CT molecular complexity index is 492. The minimum Gasteiger partial charge on any atom is -0.464 e. The van der Waals surface area contributed by atoms with Crippen molar-refractivity contribution in [3.63, 3.8) is 0 Å². The molecule has 2 rings (SSSR count). The molecule has 1 aliphatic rings. The van der Waals surface area contributed by atoms with Crippen LogP contribution in [0.1, 0.15) is 36.5 Å². The monoisotopic (exact) mass is 278 g/mol. The van der Waals surface area contributed by atoms with Gasteiger partial charge in [-0.15, -0.1) is 0 Å². The van der Waals surface area contributed by atoms with Gasteiger partial charge in [0, 0.05) is 25.2 Å². The molecule has 0 aromatic carbocycles. The first-order chi connectivity index (χ1) is 9.56. The van der Waals surface area contributed by atoms with Gasteiger partial charge in [-0.25, -0.2) is 14.8 Å². The smallest absolute Gasteiger partial charge is 0.358 e. The molecule has 0 amide bonds. The quantitative estimate of drug-likeness (QED) is 0.837. The van der Waals surface area contributed by atoms with Crippen LogP contribution in [0.3, 0.4) is 0 Å². The van der Waals surface area contributed by atoms with Gasteiger partial charge in [0.15, 0.2) is 5.69 Å². The summed E-state index contributed by atoms with van der Waals surface area (Å²) in [5.74, 6) is 0.400. The molecule has 0 bridgehead atoms. The standard InChI is InChI=1S/C14H22N4O2/c1-5-11-8-18(9(2)6-15-11)13-10(3)17-12(7-16-13)14(19)20-4/h7,9,11,15H,5-6,8H2,1-4H3/t9-,11+/m1/s1. The number of aromatic nitrogens is 2. The molecule has 0 unspecified atom stereocenters. The summed E-state index contributed by atoms with van der Waals surface area (Å²) in [5, 5.41) is 3.51. The van der Waals surface area contributed by atoms with Gasteiger partial charge in [0.05, 0.1) is 19.0 Å². The fraction of sp³-hybridized carbons (Fsp3) is 0.643. The van der Waals surface area contributed by atoms with Crippen molar-refractivity contribution in [2.24, 2.45) is 0 Å². The molecular weight excluding hydrogens is 256 g/mol. The van der Waals surface area contributed by atoms with Crippen LogP contribution in [-0.2, 0) is 4.74 Å². The van der Waals surface area contributed by atoms with Gasteiger partial charge in [-0.2, -0.15) is 0 Å². The molecule has 2 atom stereocenters. The number of aryl methyl sites for hydroxylation is 1. The summed E-state index contributed by atoms with van der Waals surface area (Å²) in [6.45, 7) is 8.05. The van der Waals surface area contributed by atoms with Crippen LogP contribution in [-0.4, -0.2) is 48.2 Å². The molecule has 20 heavy (non-hydrogen) atoms. The lowest BCUT2D eigenvalue weighted by Crippen LogP contribution is -2.55. The van der Waals surface area contributed by atoms with Crippen molar-refractivity contribution in [2.45, 2.75) is 39.3 Å². The average molecular weight is 278 g/mol. The molecule has 1 N–H and O–H groups in total. The van der Waals surface area contributed by atoms with E-state index in [1.165, 1.54) is 13.3 Å². The third-order valence-corrected chi connectivity index (χ3v) is 3.73. The molecule has 2 heterocycles. The molecule has 1 aromatic heterocycles. The van der Waals surface area contributed by atoms with E-state index in [4.69, 9.17) is 0 Å². The number of nitrogens with zero attached hydrogens (tertiary/aromatic N) is 3. The van der Waals surface area contributed by atoms with Crippen molar-refractivity contribution >= 4 is 11.8 Å². The zero-order valence-corrected chi connectivity index (χ0v) is 12.5. The van der Waals surface area contributed by atoms with Gasteiger partial charge < -0.3 is 15.0 Å². The number of hydrogen-bond donors (Lipinski definition) is 1. The summed E-state index contributed by atoms with van der Waals surface area (Å²) >= 11 is 0. The molecule has 110 valence electrons. The minimum absolute atomic E-state index is 0.253. The third-order valence-electron chi connectivity index (χ3n) is 3.73. The van der Waals surface area contributed by atoms with Crippen LogP contribution in [0, 0.1) is 6.92 Å². The normalized spacial score (nSPS) is 22.7. The van der Waals surface area contributed by atoms with E-state index >= 15 is 0 Å². The van der Waals surface area contributed by atoms with Crippen LogP contribution < -0.4 is 10.2 Å². The zero-order valence-electron chi connectivity index (χ0n) is 12.5. The van der Waals surface area contributed by atoms with Crippen molar-refractivity contribution in [1.82, 2.24) is 15.3 Å². The number of hydrogen-bond acceptors (Lipinski definition) is 6. The van der Waals surface area contributed by atoms with E-state index < -0.39 is 5.97 Å². The molecule has 0 aliphatic carbocycles. The molecule has 6 nitrogen and oxygen atoms in total. The Hall–Kier alpha value is -1.69. The van der Waals surface area contributed by atoms with E-state index in [2.05, 4.69) is 38.8 Å². The Morgan fingerprint density at radius 1 is 1.60 bits per heavy atom. The number of anilines is 1. The van der Waals surface area contributed by atoms with Crippen LogP contribution in [0.25, 0.3) is 0 Å². The lowest BCUT2D eigenvalue weighted by molar-refractivity contribution is 0.0593. The number of piperazine rings is 1. The maximum absolute atomic E-state index is 11.5. The van der Waals surface area contributed by atoms with Gasteiger partial charge in [-0.05, 0) is 20.3 Å². The number of carbonyl (C=O) groups is 1. The topological polar surface area (TPSA) is 67.4 Å². The van der Waals surface area contributed by atoms with Gasteiger partial charge in [0.2, 0.25) is 0 Å². The molecule has 1 aromatic rings. The maximum Gasteiger partial charge on any atom is 0.358 e. The second-order valence-corrected chi connectivity index (χ2v) is 5.17. The minimum atomic E-state index is -0.452. The first-order valence-electron chi connectivity index (χ1n) is 6.98. The van der Waals surface area contributed by atoms with Crippen molar-refractivity contribution in [1.29, 1.82) is 0 Å². The van der Waals surface area contributed by atoms with Gasteiger partial charge in [-0.1, -0.05) is 6.92 Å². The molecular formula is C14H22N4O2. The van der Waals surface area contributed by atoms with Gasteiger partial charge >= 0.3 is 5.97 Å². The lowest BCUT2D eigenvalue weighted by atomic mass is 10.1. The number of methoxy groups -OCH3 is 1. The van der Waals surface area contributed by atoms with E-state index in [-0.39, 0.29) is 5.69 Å². The Kier molecular flexibility index (Phi) is 4.54. The molecule has 1 saturated heterocycles. The van der Waals surface area contributed by atoms with E-state index in [1.807, 2.05) is 6.92 Å². The molecule has 0 saturated carbocycles. The second kappa shape index (κ2) is 6.17. The predicted octanol–water partition coefficient (Wildman–Crippen LogP) is 1.15. The molecule has 1 aliphatic heterocycles. The van der Waals surface area contributed by atoms with Gasteiger partial charge in [0.1, 0.15) is 5.82 Å². The number of rotatable bonds is 3. The Morgan fingerprint density at radius 3 is 2.95 bits per heavy atom. The zero-order chi connectivity index (χ0) is 14.7. The summed E-state index contributed by atoms with van der Waals surface area (Å²) in [7, 11) is 1.34. The second-order valence-electron chi connectivity index (χ2n) is 5.17. The van der Waals surface area contributed by atoms with Crippen molar-refractivity contribution in [3.05, 3.63) is 17.6 Å². The van der Waals surface area contributed by atoms with E-state index in [0.29, 0.717) is 12.1 Å². The Morgan fingerprint density at radius 2 is 2.35 bits per heavy atom. The number of nitrogens with one attached hydrogen (secondary N) is 1. The van der Waals surface area contributed by atoms with Crippen LogP contribution in [0.15, 0.2) is 6.20 Å². The van der Waals surface area contributed by atoms with Crippen molar-refractivity contribution < 1.29 is 9.53 Å². The van der Waals surface area contributed by atoms with Gasteiger partial charge in [-0.3, -0.25) is 0 Å². The lowest BCUT2D eigenvalue weighted by Gasteiger charge is -2.39. The van der Waals surface area contributed by atoms with E-state index in [1.54, 1.807) is 0 Å². The maximum atomic E-state index is 11.5.